The molecule has 4 aromatic carbocycles. The normalized spacial score (nSPS) is 10.6. The van der Waals surface area contributed by atoms with Gasteiger partial charge in [0.2, 0.25) is 0 Å². The van der Waals surface area contributed by atoms with Crippen molar-refractivity contribution in [2.75, 3.05) is 0 Å². The average Bonchev–Trinajstić information content (AvgIpc) is 3.21. The van der Waals surface area contributed by atoms with Crippen LogP contribution in [-0.2, 0) is 39.0 Å². The maximum Gasteiger partial charge on any atom is 2.00 e. The quantitative estimate of drug-likeness (QED) is 0.186. The maximum absolute atomic E-state index is 2.32. The third kappa shape index (κ3) is 9.32. The van der Waals surface area contributed by atoms with Crippen molar-refractivity contribution >= 4 is 31.1 Å². The van der Waals surface area contributed by atoms with Gasteiger partial charge in [0.25, 0.3) is 0 Å². The van der Waals surface area contributed by atoms with E-state index in [4.69, 9.17) is 0 Å². The van der Waals surface area contributed by atoms with E-state index >= 15 is 0 Å². The number of hydrogen-bond acceptors (Lipinski definition) is 0. The Labute approximate surface area is 218 Å². The molecule has 0 amide bonds. The SMILES string of the molecule is C[Si]C.Cc1cc2cc(CC(C)C)ccc2[cH-]1.Cc1cc2cc(CC(C)C)ccc2[cH-]1.[Zr+2]. The van der Waals surface area contributed by atoms with Gasteiger partial charge >= 0.3 is 26.2 Å². The van der Waals surface area contributed by atoms with Gasteiger partial charge in [0.05, 0.1) is 0 Å². The Kier molecular flexibility index (Phi) is 12.7. The fraction of sp³-hybridized carbons (Fsp3) is 0.400. The van der Waals surface area contributed by atoms with Crippen molar-refractivity contribution in [2.24, 2.45) is 11.8 Å². The maximum atomic E-state index is 2.32. The fourth-order valence-electron chi connectivity index (χ4n) is 4.02. The molecule has 0 N–H and O–H groups in total. The minimum atomic E-state index is 0. The van der Waals surface area contributed by atoms with Crippen molar-refractivity contribution in [3.63, 3.8) is 0 Å². The van der Waals surface area contributed by atoms with Crippen LogP contribution in [0.4, 0.5) is 0 Å². The third-order valence-electron chi connectivity index (χ3n) is 5.12. The second-order valence-corrected chi connectivity index (χ2v) is 10.7. The second-order valence-electron chi connectivity index (χ2n) is 9.69. The molecule has 0 heterocycles. The summed E-state index contributed by atoms with van der Waals surface area (Å²) in [4.78, 5) is 0. The fourth-order valence-corrected chi connectivity index (χ4v) is 4.02. The van der Waals surface area contributed by atoms with Gasteiger partial charge in [0.15, 0.2) is 0 Å². The summed E-state index contributed by atoms with van der Waals surface area (Å²) in [5, 5.41) is 5.52. The summed E-state index contributed by atoms with van der Waals surface area (Å²) in [5.41, 5.74) is 5.64. The smallest absolute Gasteiger partial charge is 0.165 e. The van der Waals surface area contributed by atoms with Crippen molar-refractivity contribution in [3.05, 3.63) is 82.9 Å². The van der Waals surface area contributed by atoms with Crippen LogP contribution in [0, 0.1) is 25.7 Å². The molecule has 0 saturated heterocycles. The van der Waals surface area contributed by atoms with E-state index in [0.717, 1.165) is 21.4 Å². The Morgan fingerprint density at radius 1 is 0.656 bits per heavy atom. The average molecular weight is 520 g/mol. The summed E-state index contributed by atoms with van der Waals surface area (Å²) in [7, 11) is 1.08. The molecule has 2 radical (unpaired) electrons. The summed E-state index contributed by atoms with van der Waals surface area (Å²) in [5.74, 6) is 1.48. The molecule has 4 aromatic rings. The van der Waals surface area contributed by atoms with Gasteiger partial charge < -0.3 is 0 Å². The molecular formula is C30H40SiZr. The number of aryl methyl sites for hydroxylation is 2. The summed E-state index contributed by atoms with van der Waals surface area (Å²) in [6.07, 6.45) is 2.36. The molecular weight excluding hydrogens is 480 g/mol. The molecule has 0 aliphatic carbocycles. The van der Waals surface area contributed by atoms with Crippen LogP contribution in [0.2, 0.25) is 13.1 Å². The molecule has 2 heteroatoms. The first-order valence-corrected chi connectivity index (χ1v) is 13.6. The molecule has 0 aliphatic heterocycles. The molecule has 0 fully saturated rings. The molecule has 0 unspecified atom stereocenters. The Bertz CT molecular complexity index is 979. The number of benzene rings is 2. The van der Waals surface area contributed by atoms with Crippen LogP contribution in [0.3, 0.4) is 0 Å². The molecule has 0 saturated carbocycles. The molecule has 0 aliphatic rings. The van der Waals surface area contributed by atoms with E-state index in [-0.39, 0.29) is 26.2 Å². The number of rotatable bonds is 4. The topological polar surface area (TPSA) is 0 Å². The van der Waals surface area contributed by atoms with Crippen LogP contribution in [0.25, 0.3) is 21.5 Å². The predicted molar refractivity (Wildman–Crippen MR) is 143 cm³/mol. The first kappa shape index (κ1) is 28.8. The van der Waals surface area contributed by atoms with Gasteiger partial charge in [-0.05, 0) is 24.7 Å². The minimum Gasteiger partial charge on any atom is -0.165 e. The Morgan fingerprint density at radius 3 is 1.31 bits per heavy atom. The summed E-state index contributed by atoms with van der Waals surface area (Å²) in [6.45, 7) is 17.7. The van der Waals surface area contributed by atoms with E-state index in [1.807, 2.05) is 0 Å². The Hall–Kier alpha value is -1.24. The first-order valence-electron chi connectivity index (χ1n) is 11.6. The first-order chi connectivity index (χ1) is 14.7. The molecule has 0 aromatic heterocycles. The van der Waals surface area contributed by atoms with Gasteiger partial charge in [-0.15, -0.1) is 81.2 Å². The van der Waals surface area contributed by atoms with Crippen LogP contribution in [0.1, 0.15) is 49.9 Å². The van der Waals surface area contributed by atoms with Crippen molar-refractivity contribution in [1.29, 1.82) is 0 Å². The Balaban J connectivity index is 0.000000278. The number of hydrogen-bond donors (Lipinski definition) is 0. The van der Waals surface area contributed by atoms with Crippen LogP contribution in [0.15, 0.2) is 60.7 Å². The molecule has 32 heavy (non-hydrogen) atoms. The zero-order chi connectivity index (χ0) is 23.0. The molecule has 0 nitrogen and oxygen atoms in total. The molecule has 168 valence electrons. The molecule has 4 rings (SSSR count). The van der Waals surface area contributed by atoms with E-state index in [1.165, 1.54) is 56.6 Å². The van der Waals surface area contributed by atoms with Gasteiger partial charge in [0.1, 0.15) is 0 Å². The molecule has 0 atom stereocenters. The van der Waals surface area contributed by atoms with E-state index in [2.05, 4.69) is 115 Å². The van der Waals surface area contributed by atoms with Crippen LogP contribution >= 0.6 is 0 Å². The summed E-state index contributed by atoms with van der Waals surface area (Å²) < 4.78 is 0. The van der Waals surface area contributed by atoms with E-state index in [9.17, 15) is 0 Å². The van der Waals surface area contributed by atoms with Crippen molar-refractivity contribution in [2.45, 2.75) is 67.5 Å². The van der Waals surface area contributed by atoms with E-state index in [0.29, 0.717) is 0 Å². The summed E-state index contributed by atoms with van der Waals surface area (Å²) >= 11 is 0. The zero-order valence-corrected chi connectivity index (χ0v) is 24.8. The van der Waals surface area contributed by atoms with Crippen molar-refractivity contribution in [1.82, 2.24) is 0 Å². The van der Waals surface area contributed by atoms with Gasteiger partial charge in [0, 0.05) is 9.52 Å². The second kappa shape index (κ2) is 14.1. The van der Waals surface area contributed by atoms with Crippen molar-refractivity contribution < 1.29 is 26.2 Å². The van der Waals surface area contributed by atoms with Crippen molar-refractivity contribution in [3.8, 4) is 0 Å². The van der Waals surface area contributed by atoms with E-state index in [1.54, 1.807) is 0 Å². The Morgan fingerprint density at radius 2 is 1.00 bits per heavy atom. The van der Waals surface area contributed by atoms with Gasteiger partial charge in [-0.25, -0.2) is 0 Å². The molecule has 0 spiro atoms. The minimum absolute atomic E-state index is 0. The van der Waals surface area contributed by atoms with Crippen LogP contribution < -0.4 is 0 Å². The number of fused-ring (bicyclic) bond motifs is 2. The standard InChI is InChI=1S/2C14H17.C2H6Si.Zr/c2*1-10(2)6-12-4-5-13-7-11(3)8-14(13)9-12;1-3-2;/h2*4-5,7-10H,6H2,1-3H3;1-2H3;/q2*-1;;+2. The van der Waals surface area contributed by atoms with Gasteiger partial charge in [-0.1, -0.05) is 65.8 Å². The van der Waals surface area contributed by atoms with Crippen LogP contribution in [-0.4, -0.2) is 9.52 Å². The van der Waals surface area contributed by atoms with E-state index < -0.39 is 0 Å². The summed E-state index contributed by atoms with van der Waals surface area (Å²) in [6, 6.07) is 22.6. The predicted octanol–water partition coefficient (Wildman–Crippen LogP) is 8.92. The monoisotopic (exact) mass is 518 g/mol. The largest absolute Gasteiger partial charge is 2.00 e. The molecule has 0 bridgehead atoms. The third-order valence-corrected chi connectivity index (χ3v) is 5.12. The van der Waals surface area contributed by atoms with Crippen LogP contribution in [0.5, 0.6) is 0 Å². The van der Waals surface area contributed by atoms with Gasteiger partial charge in [-0.2, -0.15) is 12.1 Å². The van der Waals surface area contributed by atoms with Gasteiger partial charge in [-0.3, -0.25) is 0 Å². The zero-order valence-electron chi connectivity index (χ0n) is 21.3.